The van der Waals surface area contributed by atoms with Crippen molar-refractivity contribution in [2.45, 2.75) is 11.4 Å². The molecule has 0 saturated carbocycles. The Morgan fingerprint density at radius 1 is 1.55 bits per heavy atom. The normalized spacial score (nSPS) is 10.1. The maximum absolute atomic E-state index is 5.51. The number of halogens is 1. The first kappa shape index (κ1) is 9.10. The number of thioether (sulfide) groups is 1. The molecule has 0 fully saturated rings. The van der Waals surface area contributed by atoms with Gasteiger partial charge in [0.05, 0.1) is 0 Å². The number of hydrogen-bond acceptors (Lipinski definition) is 2. The summed E-state index contributed by atoms with van der Waals surface area (Å²) >= 11 is 5.19. The van der Waals surface area contributed by atoms with E-state index in [9.17, 15) is 0 Å². The first-order valence-corrected chi connectivity index (χ1v) is 5.32. The van der Waals surface area contributed by atoms with Crippen molar-refractivity contribution in [3.8, 4) is 0 Å². The summed E-state index contributed by atoms with van der Waals surface area (Å²) in [5, 5.41) is 0. The Morgan fingerprint density at radius 3 is 2.73 bits per heavy atom. The SMILES string of the molecule is CSc1ccc(CN)c(Br)c1. The highest BCUT2D eigenvalue weighted by Crippen LogP contribution is 2.23. The van der Waals surface area contributed by atoms with E-state index in [-0.39, 0.29) is 0 Å². The van der Waals surface area contributed by atoms with Crippen LogP contribution in [0.5, 0.6) is 0 Å². The monoisotopic (exact) mass is 231 g/mol. The van der Waals surface area contributed by atoms with E-state index in [0.717, 1.165) is 10.0 Å². The quantitative estimate of drug-likeness (QED) is 0.793. The molecule has 0 amide bonds. The third-order valence-corrected chi connectivity index (χ3v) is 2.94. The van der Waals surface area contributed by atoms with Gasteiger partial charge in [-0.1, -0.05) is 22.0 Å². The molecule has 11 heavy (non-hydrogen) atoms. The molecule has 1 nitrogen and oxygen atoms in total. The van der Waals surface area contributed by atoms with E-state index in [1.54, 1.807) is 11.8 Å². The highest BCUT2D eigenvalue weighted by Gasteiger charge is 1.97. The van der Waals surface area contributed by atoms with Gasteiger partial charge in [-0.05, 0) is 24.0 Å². The van der Waals surface area contributed by atoms with Crippen molar-refractivity contribution in [2.75, 3.05) is 6.26 Å². The van der Waals surface area contributed by atoms with Gasteiger partial charge in [0.1, 0.15) is 0 Å². The number of benzene rings is 1. The molecule has 0 unspecified atom stereocenters. The van der Waals surface area contributed by atoms with E-state index in [1.165, 1.54) is 4.90 Å². The van der Waals surface area contributed by atoms with Crippen LogP contribution in [0.2, 0.25) is 0 Å². The fraction of sp³-hybridized carbons (Fsp3) is 0.250. The minimum atomic E-state index is 0.593. The summed E-state index contributed by atoms with van der Waals surface area (Å²) in [6, 6.07) is 6.22. The summed E-state index contributed by atoms with van der Waals surface area (Å²) in [6.45, 7) is 0.593. The van der Waals surface area contributed by atoms with Crippen molar-refractivity contribution >= 4 is 27.7 Å². The van der Waals surface area contributed by atoms with Crippen LogP contribution in [0.25, 0.3) is 0 Å². The number of nitrogens with two attached hydrogens (primary N) is 1. The molecule has 0 saturated heterocycles. The molecule has 0 atom stereocenters. The summed E-state index contributed by atoms with van der Waals surface area (Å²) in [7, 11) is 0. The average molecular weight is 232 g/mol. The van der Waals surface area contributed by atoms with Crippen molar-refractivity contribution in [2.24, 2.45) is 5.73 Å². The van der Waals surface area contributed by atoms with Gasteiger partial charge in [0.25, 0.3) is 0 Å². The Kier molecular flexibility index (Phi) is 3.43. The van der Waals surface area contributed by atoms with Gasteiger partial charge < -0.3 is 5.73 Å². The summed E-state index contributed by atoms with van der Waals surface area (Å²) in [4.78, 5) is 1.26. The smallest absolute Gasteiger partial charge is 0.0231 e. The van der Waals surface area contributed by atoms with Gasteiger partial charge in [0, 0.05) is 15.9 Å². The van der Waals surface area contributed by atoms with Crippen molar-refractivity contribution in [1.82, 2.24) is 0 Å². The molecule has 1 aromatic rings. The molecular formula is C8H10BrNS. The minimum absolute atomic E-state index is 0.593. The lowest BCUT2D eigenvalue weighted by molar-refractivity contribution is 1.05. The topological polar surface area (TPSA) is 26.0 Å². The Balaban J connectivity index is 2.99. The maximum atomic E-state index is 5.51. The second kappa shape index (κ2) is 4.14. The number of rotatable bonds is 2. The largest absolute Gasteiger partial charge is 0.326 e. The van der Waals surface area contributed by atoms with Crippen molar-refractivity contribution in [1.29, 1.82) is 0 Å². The van der Waals surface area contributed by atoms with E-state index in [1.807, 2.05) is 0 Å². The first-order chi connectivity index (χ1) is 5.27. The summed E-state index contributed by atoms with van der Waals surface area (Å²) in [5.41, 5.74) is 6.66. The molecule has 1 aromatic carbocycles. The van der Waals surface area contributed by atoms with Gasteiger partial charge in [0.15, 0.2) is 0 Å². The average Bonchev–Trinajstić information content (AvgIpc) is 2.04. The fourth-order valence-corrected chi connectivity index (χ4v) is 1.95. The van der Waals surface area contributed by atoms with Crippen LogP contribution in [0.3, 0.4) is 0 Å². The first-order valence-electron chi connectivity index (χ1n) is 3.30. The zero-order valence-corrected chi connectivity index (χ0v) is 8.71. The second-order valence-corrected chi connectivity index (χ2v) is 3.90. The van der Waals surface area contributed by atoms with Gasteiger partial charge in [-0.15, -0.1) is 11.8 Å². The lowest BCUT2D eigenvalue weighted by Crippen LogP contribution is -1.96. The molecule has 3 heteroatoms. The third-order valence-electron chi connectivity index (χ3n) is 1.48. The van der Waals surface area contributed by atoms with E-state index in [2.05, 4.69) is 40.4 Å². The number of hydrogen-bond donors (Lipinski definition) is 1. The Morgan fingerprint density at radius 2 is 2.27 bits per heavy atom. The lowest BCUT2D eigenvalue weighted by atomic mass is 10.2. The van der Waals surface area contributed by atoms with Crippen molar-refractivity contribution in [3.05, 3.63) is 28.2 Å². The van der Waals surface area contributed by atoms with E-state index < -0.39 is 0 Å². The van der Waals surface area contributed by atoms with Crippen LogP contribution >= 0.6 is 27.7 Å². The van der Waals surface area contributed by atoms with Gasteiger partial charge in [-0.25, -0.2) is 0 Å². The molecule has 0 bridgehead atoms. The standard InChI is InChI=1S/C8H10BrNS/c1-11-7-3-2-6(5-10)8(9)4-7/h2-4H,5,10H2,1H3. The summed E-state index contributed by atoms with van der Waals surface area (Å²) in [6.07, 6.45) is 2.06. The third kappa shape index (κ3) is 2.22. The van der Waals surface area contributed by atoms with Gasteiger partial charge >= 0.3 is 0 Å². The predicted molar refractivity (Wildman–Crippen MR) is 53.8 cm³/mol. The molecule has 0 spiro atoms. The minimum Gasteiger partial charge on any atom is -0.326 e. The van der Waals surface area contributed by atoms with Crippen LogP contribution in [0.15, 0.2) is 27.6 Å². The molecule has 60 valence electrons. The van der Waals surface area contributed by atoms with E-state index >= 15 is 0 Å². The van der Waals surface area contributed by atoms with E-state index in [4.69, 9.17) is 5.73 Å². The molecule has 0 aliphatic rings. The molecule has 2 N–H and O–H groups in total. The van der Waals surface area contributed by atoms with Gasteiger partial charge in [-0.3, -0.25) is 0 Å². The van der Waals surface area contributed by atoms with Crippen LogP contribution in [0.1, 0.15) is 5.56 Å². The Bertz CT molecular complexity index is 250. The van der Waals surface area contributed by atoms with Crippen LogP contribution in [0.4, 0.5) is 0 Å². The van der Waals surface area contributed by atoms with Gasteiger partial charge in [0.2, 0.25) is 0 Å². The summed E-state index contributed by atoms with van der Waals surface area (Å²) < 4.78 is 1.10. The molecule has 0 heterocycles. The second-order valence-electron chi connectivity index (χ2n) is 2.16. The van der Waals surface area contributed by atoms with Crippen LogP contribution in [0, 0.1) is 0 Å². The highest BCUT2D eigenvalue weighted by molar-refractivity contribution is 9.10. The van der Waals surface area contributed by atoms with Gasteiger partial charge in [-0.2, -0.15) is 0 Å². The zero-order valence-electron chi connectivity index (χ0n) is 6.30. The summed E-state index contributed by atoms with van der Waals surface area (Å²) in [5.74, 6) is 0. The zero-order chi connectivity index (χ0) is 8.27. The van der Waals surface area contributed by atoms with Crippen LogP contribution in [-0.4, -0.2) is 6.26 Å². The fourth-order valence-electron chi connectivity index (χ4n) is 0.821. The molecule has 0 radical (unpaired) electrons. The van der Waals surface area contributed by atoms with Crippen molar-refractivity contribution in [3.63, 3.8) is 0 Å². The van der Waals surface area contributed by atoms with Crippen LogP contribution < -0.4 is 5.73 Å². The lowest BCUT2D eigenvalue weighted by Gasteiger charge is -2.02. The van der Waals surface area contributed by atoms with Crippen molar-refractivity contribution < 1.29 is 0 Å². The predicted octanol–water partition coefficient (Wildman–Crippen LogP) is 2.63. The Hall–Kier alpha value is 0.01000. The molecular weight excluding hydrogens is 222 g/mol. The highest BCUT2D eigenvalue weighted by atomic mass is 79.9. The molecule has 0 aliphatic heterocycles. The van der Waals surface area contributed by atoms with Crippen LogP contribution in [-0.2, 0) is 6.54 Å². The Labute approximate surface area is 79.5 Å². The molecule has 1 rings (SSSR count). The molecule has 0 aliphatic carbocycles. The maximum Gasteiger partial charge on any atom is 0.0231 e. The van der Waals surface area contributed by atoms with E-state index in [0.29, 0.717) is 6.54 Å². The molecule has 0 aromatic heterocycles.